The quantitative estimate of drug-likeness (QED) is 0.713. The molecule has 0 saturated heterocycles. The maximum Gasteiger partial charge on any atom is 0.246 e. The summed E-state index contributed by atoms with van der Waals surface area (Å²) in [5.74, 6) is 0.782. The fourth-order valence-corrected chi connectivity index (χ4v) is 3.35. The Morgan fingerprint density at radius 1 is 1.21 bits per heavy atom. The highest BCUT2D eigenvalue weighted by molar-refractivity contribution is 5.97. The summed E-state index contributed by atoms with van der Waals surface area (Å²) >= 11 is 0. The van der Waals surface area contributed by atoms with Gasteiger partial charge in [-0.2, -0.15) is 0 Å². The number of nitrogens with one attached hydrogen (secondary N) is 2. The van der Waals surface area contributed by atoms with E-state index in [0.717, 1.165) is 31.2 Å². The second-order valence-electron chi connectivity index (χ2n) is 7.22. The van der Waals surface area contributed by atoms with E-state index in [4.69, 9.17) is 9.47 Å². The highest BCUT2D eigenvalue weighted by Gasteiger charge is 2.25. The first kappa shape index (κ1) is 20.6. The van der Waals surface area contributed by atoms with Gasteiger partial charge < -0.3 is 20.1 Å². The molecule has 1 fully saturated rings. The minimum atomic E-state index is -0.620. The molecule has 2 N–H and O–H groups in total. The van der Waals surface area contributed by atoms with Gasteiger partial charge in [0.2, 0.25) is 11.8 Å². The van der Waals surface area contributed by atoms with Crippen LogP contribution >= 0.6 is 0 Å². The van der Waals surface area contributed by atoms with E-state index < -0.39 is 6.04 Å². The minimum Gasteiger partial charge on any atom is -0.493 e. The van der Waals surface area contributed by atoms with Gasteiger partial charge >= 0.3 is 0 Å². The number of amides is 2. The number of hydrogen-bond acceptors (Lipinski definition) is 5. The Kier molecular flexibility index (Phi) is 7.05. The molecular formula is C22H27N3O4. The van der Waals surface area contributed by atoms with Gasteiger partial charge in [0.05, 0.1) is 7.11 Å². The zero-order valence-electron chi connectivity index (χ0n) is 16.8. The molecule has 1 aliphatic carbocycles. The molecule has 29 heavy (non-hydrogen) atoms. The third-order valence-electron chi connectivity index (χ3n) is 5.03. The van der Waals surface area contributed by atoms with Gasteiger partial charge in [0.15, 0.2) is 11.5 Å². The number of aromatic nitrogens is 1. The Morgan fingerprint density at radius 3 is 2.69 bits per heavy atom. The molecule has 0 aliphatic heterocycles. The zero-order chi connectivity index (χ0) is 20.6. The predicted octanol–water partition coefficient (Wildman–Crippen LogP) is 3.30. The molecule has 7 nitrogen and oxygen atoms in total. The van der Waals surface area contributed by atoms with E-state index in [9.17, 15) is 9.59 Å². The summed E-state index contributed by atoms with van der Waals surface area (Å²) < 4.78 is 11.2. The summed E-state index contributed by atoms with van der Waals surface area (Å²) in [7, 11) is 1.56. The topological polar surface area (TPSA) is 89.6 Å². The van der Waals surface area contributed by atoms with Gasteiger partial charge in [-0.15, -0.1) is 0 Å². The monoisotopic (exact) mass is 397 g/mol. The highest BCUT2D eigenvalue weighted by atomic mass is 16.5. The molecule has 1 heterocycles. The van der Waals surface area contributed by atoms with Gasteiger partial charge in [0, 0.05) is 35.6 Å². The van der Waals surface area contributed by atoms with Crippen molar-refractivity contribution in [1.29, 1.82) is 0 Å². The molecule has 0 spiro atoms. The number of carbonyl (C=O) groups is 2. The lowest BCUT2D eigenvalue weighted by Crippen LogP contribution is -2.43. The van der Waals surface area contributed by atoms with Crippen LogP contribution in [0.15, 0.2) is 42.7 Å². The third-order valence-corrected chi connectivity index (χ3v) is 5.03. The predicted molar refractivity (Wildman–Crippen MR) is 110 cm³/mol. The number of ether oxygens (including phenoxy) is 2. The maximum absolute atomic E-state index is 12.5. The average Bonchev–Trinajstić information content (AvgIpc) is 3.28. The first-order valence-electron chi connectivity index (χ1n) is 9.88. The standard InChI is InChI=1S/C22H27N3O4/c1-15(24-22(27)17-7-3-4-8-17)21(26)25-18-9-10-19(28-2)20(12-18)29-14-16-6-5-11-23-13-16/h5-6,9-13,15,17H,3-4,7-8,14H2,1-2H3,(H,24,27)(H,25,26)/t15-/m0/s1. The number of anilines is 1. The van der Waals surface area contributed by atoms with Crippen LogP contribution in [0.5, 0.6) is 11.5 Å². The van der Waals surface area contributed by atoms with E-state index in [-0.39, 0.29) is 17.7 Å². The van der Waals surface area contributed by atoms with E-state index in [1.165, 1.54) is 0 Å². The number of nitrogens with zero attached hydrogens (tertiary/aromatic N) is 1. The van der Waals surface area contributed by atoms with E-state index in [2.05, 4.69) is 15.6 Å². The van der Waals surface area contributed by atoms with Crippen molar-refractivity contribution in [2.45, 2.75) is 45.3 Å². The molecule has 1 aliphatic rings. The molecule has 1 atom stereocenters. The molecule has 2 aromatic rings. The first-order chi connectivity index (χ1) is 14.1. The molecule has 2 amide bonds. The van der Waals surface area contributed by atoms with Gasteiger partial charge in [0.25, 0.3) is 0 Å². The number of carbonyl (C=O) groups excluding carboxylic acids is 2. The fraction of sp³-hybridized carbons (Fsp3) is 0.409. The summed E-state index contributed by atoms with van der Waals surface area (Å²) in [5, 5.41) is 5.64. The largest absolute Gasteiger partial charge is 0.493 e. The Morgan fingerprint density at radius 2 is 2.00 bits per heavy atom. The number of hydrogen-bond donors (Lipinski definition) is 2. The summed E-state index contributed by atoms with van der Waals surface area (Å²) in [6.45, 7) is 2.01. The Balaban J connectivity index is 1.60. The van der Waals surface area contributed by atoms with Gasteiger partial charge in [-0.05, 0) is 38.0 Å². The lowest BCUT2D eigenvalue weighted by molar-refractivity contribution is -0.128. The van der Waals surface area contributed by atoms with Gasteiger partial charge in [-0.3, -0.25) is 14.6 Å². The van der Waals surface area contributed by atoms with Crippen LogP contribution in [-0.2, 0) is 16.2 Å². The van der Waals surface area contributed by atoms with Gasteiger partial charge in [-0.25, -0.2) is 0 Å². The van der Waals surface area contributed by atoms with Gasteiger partial charge in [-0.1, -0.05) is 18.9 Å². The second-order valence-corrected chi connectivity index (χ2v) is 7.22. The molecule has 0 bridgehead atoms. The molecule has 1 aromatic carbocycles. The Labute approximate surface area is 170 Å². The fourth-order valence-electron chi connectivity index (χ4n) is 3.35. The van der Waals surface area contributed by atoms with E-state index in [1.807, 2.05) is 12.1 Å². The Hall–Kier alpha value is -3.09. The molecule has 154 valence electrons. The van der Waals surface area contributed by atoms with Crippen molar-refractivity contribution >= 4 is 17.5 Å². The minimum absolute atomic E-state index is 0.0266. The van der Waals surface area contributed by atoms with Crippen molar-refractivity contribution in [3.05, 3.63) is 48.3 Å². The molecule has 0 radical (unpaired) electrons. The second kappa shape index (κ2) is 9.91. The van der Waals surface area contributed by atoms with E-state index in [1.54, 1.807) is 44.6 Å². The van der Waals surface area contributed by atoms with Crippen LogP contribution in [0.2, 0.25) is 0 Å². The van der Waals surface area contributed by atoms with Crippen LogP contribution in [0.1, 0.15) is 38.2 Å². The van der Waals surface area contributed by atoms with Crippen molar-refractivity contribution < 1.29 is 19.1 Å². The van der Waals surface area contributed by atoms with E-state index in [0.29, 0.717) is 23.8 Å². The molecule has 3 rings (SSSR count). The van der Waals surface area contributed by atoms with Crippen LogP contribution in [0, 0.1) is 5.92 Å². The van der Waals surface area contributed by atoms with Gasteiger partial charge in [0.1, 0.15) is 12.6 Å². The summed E-state index contributed by atoms with van der Waals surface area (Å²) in [6.07, 6.45) is 7.38. The van der Waals surface area contributed by atoms with Crippen LogP contribution in [0.4, 0.5) is 5.69 Å². The maximum atomic E-state index is 12.5. The van der Waals surface area contributed by atoms with Crippen molar-refractivity contribution in [2.24, 2.45) is 5.92 Å². The Bertz CT molecular complexity index is 835. The number of rotatable bonds is 8. The normalized spacial score (nSPS) is 14.8. The third kappa shape index (κ3) is 5.70. The average molecular weight is 397 g/mol. The van der Waals surface area contributed by atoms with Crippen LogP contribution in [0.3, 0.4) is 0 Å². The molecule has 1 aromatic heterocycles. The SMILES string of the molecule is COc1ccc(NC(=O)[C@H](C)NC(=O)C2CCCC2)cc1OCc1cccnc1. The van der Waals surface area contributed by atoms with Crippen molar-refractivity contribution in [3.8, 4) is 11.5 Å². The highest BCUT2D eigenvalue weighted by Crippen LogP contribution is 2.31. The summed E-state index contributed by atoms with van der Waals surface area (Å²) in [6, 6.07) is 8.31. The van der Waals surface area contributed by atoms with Crippen LogP contribution < -0.4 is 20.1 Å². The summed E-state index contributed by atoms with van der Waals surface area (Å²) in [4.78, 5) is 28.8. The first-order valence-corrected chi connectivity index (χ1v) is 9.88. The molecular weight excluding hydrogens is 370 g/mol. The molecule has 7 heteroatoms. The molecule has 0 unspecified atom stereocenters. The number of pyridine rings is 1. The lowest BCUT2D eigenvalue weighted by atomic mass is 10.1. The lowest BCUT2D eigenvalue weighted by Gasteiger charge is -2.17. The number of benzene rings is 1. The number of methoxy groups -OCH3 is 1. The van der Waals surface area contributed by atoms with Crippen LogP contribution in [0.25, 0.3) is 0 Å². The van der Waals surface area contributed by atoms with Crippen molar-refractivity contribution in [1.82, 2.24) is 10.3 Å². The zero-order valence-corrected chi connectivity index (χ0v) is 16.8. The van der Waals surface area contributed by atoms with Crippen molar-refractivity contribution in [2.75, 3.05) is 12.4 Å². The summed E-state index contributed by atoms with van der Waals surface area (Å²) in [5.41, 5.74) is 1.49. The van der Waals surface area contributed by atoms with Crippen LogP contribution in [-0.4, -0.2) is 29.9 Å². The smallest absolute Gasteiger partial charge is 0.246 e. The van der Waals surface area contributed by atoms with E-state index >= 15 is 0 Å². The molecule has 1 saturated carbocycles. The van der Waals surface area contributed by atoms with Crippen molar-refractivity contribution in [3.63, 3.8) is 0 Å².